The highest BCUT2D eigenvalue weighted by Crippen LogP contribution is 2.14. The summed E-state index contributed by atoms with van der Waals surface area (Å²) in [4.78, 5) is 3.99. The monoisotopic (exact) mass is 269 g/mol. The molecule has 0 aliphatic rings. The molecular weight excluding hydrogens is 250 g/mol. The van der Waals surface area contributed by atoms with E-state index in [1.165, 1.54) is 0 Å². The molecule has 0 atom stereocenters. The van der Waals surface area contributed by atoms with Crippen LogP contribution in [0.15, 0.2) is 23.5 Å². The van der Waals surface area contributed by atoms with Crippen molar-refractivity contribution in [3.05, 3.63) is 24.0 Å². The number of ether oxygens (including phenoxy) is 3. The average Bonchev–Trinajstić information content (AvgIpc) is 2.46. The van der Waals surface area contributed by atoms with E-state index in [2.05, 4.69) is 10.1 Å². The van der Waals surface area contributed by atoms with E-state index < -0.39 is 0 Å². The smallest absolute Gasteiger partial charge is 0.192 e. The summed E-state index contributed by atoms with van der Waals surface area (Å²) in [6.07, 6.45) is 2.39. The molecule has 0 aromatic carbocycles. The fraction of sp³-hybridized carbons (Fsp3) is 0.500. The number of nitrogens with zero attached hydrogens (tertiary/aromatic N) is 2. The standard InChI is InChI=1S/C12H19N3O4/c1-17-6-3-7-18-8-9-19-10-4-2-5-14-11(10)12(13)15-16/h2,4-5,16H,3,6-9H2,1H3,(H2,13,15). The number of amidine groups is 1. The van der Waals surface area contributed by atoms with Gasteiger partial charge in [-0.25, -0.2) is 4.98 Å². The van der Waals surface area contributed by atoms with Crippen molar-refractivity contribution < 1.29 is 19.4 Å². The number of hydrogen-bond acceptors (Lipinski definition) is 6. The fourth-order valence-electron chi connectivity index (χ4n) is 1.36. The van der Waals surface area contributed by atoms with Crippen molar-refractivity contribution in [2.75, 3.05) is 33.5 Å². The second-order valence-electron chi connectivity index (χ2n) is 3.64. The maximum absolute atomic E-state index is 8.64. The van der Waals surface area contributed by atoms with Gasteiger partial charge in [0.15, 0.2) is 11.5 Å². The topological polar surface area (TPSA) is 99.2 Å². The first kappa shape index (κ1) is 15.2. The maximum Gasteiger partial charge on any atom is 0.192 e. The number of rotatable bonds is 9. The lowest BCUT2D eigenvalue weighted by Crippen LogP contribution is -2.17. The Morgan fingerprint density at radius 3 is 2.95 bits per heavy atom. The molecule has 0 fully saturated rings. The van der Waals surface area contributed by atoms with E-state index in [0.29, 0.717) is 37.9 Å². The Labute approximate surface area is 112 Å². The summed E-state index contributed by atoms with van der Waals surface area (Å²) < 4.78 is 15.7. The molecule has 0 saturated carbocycles. The molecule has 0 radical (unpaired) electrons. The number of pyridine rings is 1. The molecule has 1 aromatic heterocycles. The summed E-state index contributed by atoms with van der Waals surface area (Å²) >= 11 is 0. The Kier molecular flexibility index (Phi) is 7.30. The van der Waals surface area contributed by atoms with Gasteiger partial charge in [0, 0.05) is 26.5 Å². The van der Waals surface area contributed by atoms with Gasteiger partial charge < -0.3 is 25.2 Å². The number of methoxy groups -OCH3 is 1. The van der Waals surface area contributed by atoms with Crippen molar-refractivity contribution in [1.82, 2.24) is 4.98 Å². The van der Waals surface area contributed by atoms with Gasteiger partial charge in [0.25, 0.3) is 0 Å². The van der Waals surface area contributed by atoms with Gasteiger partial charge in [-0.15, -0.1) is 0 Å². The molecule has 0 aliphatic carbocycles. The highest BCUT2D eigenvalue weighted by molar-refractivity contribution is 5.97. The Balaban J connectivity index is 2.33. The minimum absolute atomic E-state index is 0.0865. The molecule has 0 amide bonds. The first-order valence-electron chi connectivity index (χ1n) is 5.92. The zero-order chi connectivity index (χ0) is 13.9. The molecule has 7 heteroatoms. The number of aromatic nitrogens is 1. The number of hydrogen-bond donors (Lipinski definition) is 2. The van der Waals surface area contributed by atoms with E-state index in [4.69, 9.17) is 25.2 Å². The Bertz CT molecular complexity index is 398. The van der Waals surface area contributed by atoms with E-state index in [0.717, 1.165) is 6.42 Å². The van der Waals surface area contributed by atoms with Crippen molar-refractivity contribution in [3.63, 3.8) is 0 Å². The zero-order valence-electron chi connectivity index (χ0n) is 10.9. The summed E-state index contributed by atoms with van der Waals surface area (Å²) in [7, 11) is 1.65. The fourth-order valence-corrected chi connectivity index (χ4v) is 1.36. The van der Waals surface area contributed by atoms with Crippen LogP contribution in [0.2, 0.25) is 0 Å². The van der Waals surface area contributed by atoms with Crippen LogP contribution in [0.4, 0.5) is 0 Å². The van der Waals surface area contributed by atoms with Gasteiger partial charge in [-0.1, -0.05) is 5.16 Å². The molecule has 0 spiro atoms. The van der Waals surface area contributed by atoms with E-state index in [9.17, 15) is 0 Å². The third-order valence-electron chi connectivity index (χ3n) is 2.24. The highest BCUT2D eigenvalue weighted by atomic mass is 16.5. The molecule has 1 rings (SSSR count). The van der Waals surface area contributed by atoms with Crippen molar-refractivity contribution in [2.45, 2.75) is 6.42 Å². The van der Waals surface area contributed by atoms with Crippen LogP contribution in [0.25, 0.3) is 0 Å². The van der Waals surface area contributed by atoms with Gasteiger partial charge in [-0.3, -0.25) is 0 Å². The Hall–Kier alpha value is -1.86. The molecule has 19 heavy (non-hydrogen) atoms. The van der Waals surface area contributed by atoms with Crippen molar-refractivity contribution in [3.8, 4) is 5.75 Å². The third-order valence-corrected chi connectivity index (χ3v) is 2.24. The third kappa shape index (κ3) is 5.54. The van der Waals surface area contributed by atoms with E-state index in [1.54, 1.807) is 25.4 Å². The van der Waals surface area contributed by atoms with Gasteiger partial charge in [-0.2, -0.15) is 0 Å². The Morgan fingerprint density at radius 1 is 1.37 bits per heavy atom. The van der Waals surface area contributed by atoms with E-state index in [-0.39, 0.29) is 5.84 Å². The first-order chi connectivity index (χ1) is 9.29. The van der Waals surface area contributed by atoms with Gasteiger partial charge in [-0.05, 0) is 18.6 Å². The molecule has 106 valence electrons. The molecule has 3 N–H and O–H groups in total. The zero-order valence-corrected chi connectivity index (χ0v) is 10.9. The highest BCUT2D eigenvalue weighted by Gasteiger charge is 2.08. The lowest BCUT2D eigenvalue weighted by Gasteiger charge is -2.09. The van der Waals surface area contributed by atoms with Crippen LogP contribution in [-0.4, -0.2) is 49.6 Å². The van der Waals surface area contributed by atoms with Crippen molar-refractivity contribution in [2.24, 2.45) is 10.9 Å². The second-order valence-corrected chi connectivity index (χ2v) is 3.64. The molecule has 1 aromatic rings. The largest absolute Gasteiger partial charge is 0.489 e. The summed E-state index contributed by atoms with van der Waals surface area (Å²) in [5.74, 6) is 0.370. The van der Waals surface area contributed by atoms with Gasteiger partial charge in [0.05, 0.1) is 6.61 Å². The minimum atomic E-state index is -0.0865. The molecule has 0 unspecified atom stereocenters. The number of nitrogens with two attached hydrogens (primary N) is 1. The van der Waals surface area contributed by atoms with Crippen LogP contribution in [0.3, 0.4) is 0 Å². The molecule has 7 nitrogen and oxygen atoms in total. The summed E-state index contributed by atoms with van der Waals surface area (Å²) in [5.41, 5.74) is 5.80. The Morgan fingerprint density at radius 2 is 2.21 bits per heavy atom. The molecular formula is C12H19N3O4. The van der Waals surface area contributed by atoms with Crippen LogP contribution in [0, 0.1) is 0 Å². The lowest BCUT2D eigenvalue weighted by atomic mass is 10.3. The van der Waals surface area contributed by atoms with Gasteiger partial charge in [0.1, 0.15) is 12.4 Å². The maximum atomic E-state index is 8.64. The number of oxime groups is 1. The summed E-state index contributed by atoms with van der Waals surface area (Å²) in [6.45, 7) is 2.12. The van der Waals surface area contributed by atoms with Gasteiger partial charge in [0.2, 0.25) is 0 Å². The predicted octanol–water partition coefficient (Wildman–Crippen LogP) is 0.608. The molecule has 0 bridgehead atoms. The molecule has 1 heterocycles. The quantitative estimate of drug-likeness (QED) is 0.224. The summed E-state index contributed by atoms with van der Waals surface area (Å²) in [5, 5.41) is 11.5. The first-order valence-corrected chi connectivity index (χ1v) is 5.92. The normalized spacial score (nSPS) is 11.5. The summed E-state index contributed by atoms with van der Waals surface area (Å²) in [6, 6.07) is 3.41. The SMILES string of the molecule is COCCCOCCOc1cccnc1/C(N)=N/O. The molecule has 0 aliphatic heterocycles. The second kappa shape index (κ2) is 9.12. The van der Waals surface area contributed by atoms with Gasteiger partial charge >= 0.3 is 0 Å². The minimum Gasteiger partial charge on any atom is -0.489 e. The van der Waals surface area contributed by atoms with Crippen LogP contribution in [0.1, 0.15) is 12.1 Å². The van der Waals surface area contributed by atoms with E-state index in [1.807, 2.05) is 0 Å². The van der Waals surface area contributed by atoms with Crippen LogP contribution in [-0.2, 0) is 9.47 Å². The van der Waals surface area contributed by atoms with Crippen LogP contribution < -0.4 is 10.5 Å². The van der Waals surface area contributed by atoms with Crippen LogP contribution >= 0.6 is 0 Å². The molecule has 0 saturated heterocycles. The predicted molar refractivity (Wildman–Crippen MR) is 69.6 cm³/mol. The van der Waals surface area contributed by atoms with E-state index >= 15 is 0 Å². The van der Waals surface area contributed by atoms with Crippen molar-refractivity contribution >= 4 is 5.84 Å². The van der Waals surface area contributed by atoms with Crippen LogP contribution in [0.5, 0.6) is 5.75 Å². The van der Waals surface area contributed by atoms with Crippen molar-refractivity contribution in [1.29, 1.82) is 0 Å². The lowest BCUT2D eigenvalue weighted by molar-refractivity contribution is 0.0805. The average molecular weight is 269 g/mol.